The molecule has 1 aromatic carbocycles. The molecule has 0 saturated carbocycles. The van der Waals surface area contributed by atoms with E-state index in [1.807, 2.05) is 24.3 Å². The van der Waals surface area contributed by atoms with Crippen molar-refractivity contribution in [1.29, 1.82) is 0 Å². The van der Waals surface area contributed by atoms with Crippen LogP contribution in [0.25, 0.3) is 0 Å². The maximum atomic E-state index is 12.5. The fourth-order valence-corrected chi connectivity index (χ4v) is 3.15. The highest BCUT2D eigenvalue weighted by Gasteiger charge is 2.19. The predicted molar refractivity (Wildman–Crippen MR) is 99.2 cm³/mol. The molecular weight excluding hydrogens is 340 g/mol. The Kier molecular flexibility index (Phi) is 5.60. The summed E-state index contributed by atoms with van der Waals surface area (Å²) in [5, 5.41) is 7.20. The molecule has 7 heteroatoms. The molecule has 1 aliphatic heterocycles. The van der Waals surface area contributed by atoms with Crippen molar-refractivity contribution in [3.63, 3.8) is 0 Å². The molecule has 0 spiro atoms. The van der Waals surface area contributed by atoms with Crippen molar-refractivity contribution in [2.75, 3.05) is 25.5 Å². The fraction of sp³-hybridized carbons (Fsp3) is 0.444. The van der Waals surface area contributed by atoms with Gasteiger partial charge in [-0.3, -0.25) is 4.79 Å². The third-order valence-electron chi connectivity index (χ3n) is 4.35. The lowest BCUT2D eigenvalue weighted by molar-refractivity contribution is 0.157. The zero-order valence-electron chi connectivity index (χ0n) is 14.5. The van der Waals surface area contributed by atoms with E-state index in [2.05, 4.69) is 22.5 Å². The maximum Gasteiger partial charge on any atom is 0.292 e. The largest absolute Gasteiger partial charge is 0.411 e. The van der Waals surface area contributed by atoms with Crippen LogP contribution in [0.4, 0.5) is 5.95 Å². The van der Waals surface area contributed by atoms with E-state index in [1.165, 1.54) is 17.4 Å². The third kappa shape index (κ3) is 4.14. The molecule has 0 aliphatic carbocycles. The molecule has 2 N–H and O–H groups in total. The van der Waals surface area contributed by atoms with E-state index < -0.39 is 0 Å². The fourth-order valence-electron chi connectivity index (χ4n) is 3.03. The van der Waals surface area contributed by atoms with Gasteiger partial charge in [-0.1, -0.05) is 30.7 Å². The van der Waals surface area contributed by atoms with Crippen LogP contribution in [0.2, 0.25) is 5.02 Å². The molecule has 0 radical (unpaired) electrons. The minimum absolute atomic E-state index is 0.146. The molecule has 0 fully saturated rings. The number of hydrogen-bond acceptors (Lipinski definition) is 5. The highest BCUT2D eigenvalue weighted by molar-refractivity contribution is 6.30. The number of rotatable bonds is 6. The lowest BCUT2D eigenvalue weighted by Gasteiger charge is -2.20. The highest BCUT2D eigenvalue weighted by atomic mass is 35.5. The van der Waals surface area contributed by atoms with Gasteiger partial charge in [0.1, 0.15) is 7.11 Å². The minimum atomic E-state index is -0.146. The Morgan fingerprint density at radius 3 is 2.88 bits per heavy atom. The molecule has 134 valence electrons. The van der Waals surface area contributed by atoms with E-state index in [-0.39, 0.29) is 5.56 Å². The lowest BCUT2D eigenvalue weighted by Crippen LogP contribution is -2.38. The Morgan fingerprint density at radius 1 is 1.40 bits per heavy atom. The van der Waals surface area contributed by atoms with Gasteiger partial charge in [0, 0.05) is 31.1 Å². The van der Waals surface area contributed by atoms with Crippen LogP contribution in [-0.2, 0) is 19.4 Å². The summed E-state index contributed by atoms with van der Waals surface area (Å²) in [5.74, 6) is 0.831. The Balaban J connectivity index is 1.70. The van der Waals surface area contributed by atoms with Crippen LogP contribution < -0.4 is 21.0 Å². The van der Waals surface area contributed by atoms with E-state index in [0.29, 0.717) is 30.5 Å². The SMILES string of the molecule is COn1c(NCC(C)Cc2ccc(Cl)cc2)nc2c(c1=O)CNCC2. The van der Waals surface area contributed by atoms with E-state index >= 15 is 0 Å². The Labute approximate surface area is 152 Å². The van der Waals surface area contributed by atoms with Crippen molar-refractivity contribution < 1.29 is 4.84 Å². The number of fused-ring (bicyclic) bond motifs is 1. The van der Waals surface area contributed by atoms with Gasteiger partial charge in [-0.05, 0) is 30.0 Å². The van der Waals surface area contributed by atoms with Gasteiger partial charge < -0.3 is 15.5 Å². The van der Waals surface area contributed by atoms with Crippen molar-refractivity contribution in [2.24, 2.45) is 5.92 Å². The number of aromatic nitrogens is 2. The van der Waals surface area contributed by atoms with Crippen LogP contribution in [-0.4, -0.2) is 29.9 Å². The second-order valence-electron chi connectivity index (χ2n) is 6.39. The molecule has 0 saturated heterocycles. The molecule has 6 nitrogen and oxygen atoms in total. The number of nitrogens with zero attached hydrogens (tertiary/aromatic N) is 2. The summed E-state index contributed by atoms with van der Waals surface area (Å²) in [6.45, 7) is 4.22. The second-order valence-corrected chi connectivity index (χ2v) is 6.82. The minimum Gasteiger partial charge on any atom is -0.411 e. The van der Waals surface area contributed by atoms with Gasteiger partial charge in [0.05, 0.1) is 11.3 Å². The molecule has 1 unspecified atom stereocenters. The average Bonchev–Trinajstić information content (AvgIpc) is 2.62. The Morgan fingerprint density at radius 2 is 2.16 bits per heavy atom. The molecular formula is C18H23ClN4O2. The van der Waals surface area contributed by atoms with Crippen LogP contribution in [0.3, 0.4) is 0 Å². The van der Waals surface area contributed by atoms with Crippen molar-refractivity contribution in [1.82, 2.24) is 15.0 Å². The van der Waals surface area contributed by atoms with Gasteiger partial charge in [0.2, 0.25) is 5.95 Å². The number of anilines is 1. The first-order chi connectivity index (χ1) is 12.1. The molecule has 2 heterocycles. The molecule has 1 atom stereocenters. The van der Waals surface area contributed by atoms with E-state index in [9.17, 15) is 4.79 Å². The predicted octanol–water partition coefficient (Wildman–Crippen LogP) is 1.89. The summed E-state index contributed by atoms with van der Waals surface area (Å²) in [4.78, 5) is 22.4. The first-order valence-electron chi connectivity index (χ1n) is 8.46. The first-order valence-corrected chi connectivity index (χ1v) is 8.84. The summed E-state index contributed by atoms with van der Waals surface area (Å²) >= 11 is 5.92. The Bertz CT molecular complexity index is 789. The number of benzene rings is 1. The summed E-state index contributed by atoms with van der Waals surface area (Å²) in [5.41, 5.74) is 2.62. The number of halogens is 1. The van der Waals surface area contributed by atoms with Gasteiger partial charge in [-0.15, -0.1) is 4.73 Å². The maximum absolute atomic E-state index is 12.5. The van der Waals surface area contributed by atoms with Crippen LogP contribution in [0, 0.1) is 5.92 Å². The van der Waals surface area contributed by atoms with Crippen LogP contribution in [0.5, 0.6) is 0 Å². The topological polar surface area (TPSA) is 68.2 Å². The molecule has 1 aromatic heterocycles. The van der Waals surface area contributed by atoms with Crippen LogP contribution in [0.1, 0.15) is 23.7 Å². The number of hydrogen-bond donors (Lipinski definition) is 2. The van der Waals surface area contributed by atoms with E-state index in [0.717, 1.165) is 30.1 Å². The monoisotopic (exact) mass is 362 g/mol. The summed E-state index contributed by atoms with van der Waals surface area (Å²) in [7, 11) is 1.48. The lowest BCUT2D eigenvalue weighted by atomic mass is 10.0. The smallest absolute Gasteiger partial charge is 0.292 e. The molecule has 3 rings (SSSR count). The second kappa shape index (κ2) is 7.89. The van der Waals surface area contributed by atoms with E-state index in [4.69, 9.17) is 16.4 Å². The third-order valence-corrected chi connectivity index (χ3v) is 4.61. The summed E-state index contributed by atoms with van der Waals surface area (Å²) in [6, 6.07) is 7.87. The summed E-state index contributed by atoms with van der Waals surface area (Å²) < 4.78 is 1.24. The van der Waals surface area contributed by atoms with Gasteiger partial charge in [-0.2, -0.15) is 0 Å². The molecule has 25 heavy (non-hydrogen) atoms. The van der Waals surface area contributed by atoms with Crippen molar-refractivity contribution in [3.05, 3.63) is 56.5 Å². The van der Waals surface area contributed by atoms with Crippen LogP contribution >= 0.6 is 11.6 Å². The number of nitrogens with one attached hydrogen (secondary N) is 2. The van der Waals surface area contributed by atoms with Gasteiger partial charge in [0.15, 0.2) is 0 Å². The van der Waals surface area contributed by atoms with Crippen molar-refractivity contribution >= 4 is 17.5 Å². The molecule has 0 bridgehead atoms. The van der Waals surface area contributed by atoms with Crippen molar-refractivity contribution in [2.45, 2.75) is 26.3 Å². The zero-order valence-corrected chi connectivity index (χ0v) is 15.3. The quantitative estimate of drug-likeness (QED) is 0.821. The zero-order chi connectivity index (χ0) is 17.8. The normalized spacial score (nSPS) is 14.7. The summed E-state index contributed by atoms with van der Waals surface area (Å²) in [6.07, 6.45) is 1.67. The van der Waals surface area contributed by atoms with Crippen LogP contribution in [0.15, 0.2) is 29.1 Å². The molecule has 1 aliphatic rings. The highest BCUT2D eigenvalue weighted by Crippen LogP contribution is 2.15. The Hall–Kier alpha value is -2.05. The van der Waals surface area contributed by atoms with E-state index in [1.54, 1.807) is 0 Å². The standard InChI is InChI=1S/C18H23ClN4O2/c1-12(9-13-3-5-14(19)6-4-13)10-21-18-22-16-7-8-20-11-15(16)17(24)23(18)25-2/h3-6,12,20H,7-11H2,1-2H3,(H,21,22). The first kappa shape index (κ1) is 17.8. The van der Waals surface area contributed by atoms with Gasteiger partial charge in [0.25, 0.3) is 5.56 Å². The van der Waals surface area contributed by atoms with Crippen molar-refractivity contribution in [3.8, 4) is 0 Å². The molecule has 0 amide bonds. The van der Waals surface area contributed by atoms with Gasteiger partial charge >= 0.3 is 0 Å². The average molecular weight is 363 g/mol. The van der Waals surface area contributed by atoms with Gasteiger partial charge in [-0.25, -0.2) is 4.98 Å². The molecule has 2 aromatic rings.